The predicted octanol–water partition coefficient (Wildman–Crippen LogP) is -4.48. The van der Waals surface area contributed by atoms with Crippen LogP contribution in [0, 0.1) is 0 Å². The second kappa shape index (κ2) is 15.8. The number of imidazole rings is 1. The number of hydrogen-bond donors (Lipinski definition) is 10. The Balaban J connectivity index is 2.95. The summed E-state index contributed by atoms with van der Waals surface area (Å²) in [5.74, 6) is -4.84. The molecule has 1 heterocycles. The first-order valence-electron chi connectivity index (χ1n) is 11.7. The smallest absolute Gasteiger partial charge is 0.326 e. The summed E-state index contributed by atoms with van der Waals surface area (Å²) in [7, 11) is 0. The van der Waals surface area contributed by atoms with Crippen molar-refractivity contribution >= 4 is 35.6 Å². The number of nitrogens with zero attached hydrogens (tertiary/aromatic N) is 2. The summed E-state index contributed by atoms with van der Waals surface area (Å²) in [6, 6.07) is -5.33. The van der Waals surface area contributed by atoms with E-state index in [1.165, 1.54) is 19.4 Å². The zero-order valence-corrected chi connectivity index (χ0v) is 20.9. The highest BCUT2D eigenvalue weighted by molar-refractivity contribution is 5.94. The Morgan fingerprint density at radius 3 is 2.21 bits per heavy atom. The summed E-state index contributed by atoms with van der Waals surface area (Å²) in [6.07, 6.45) is 1.27. The molecule has 0 aromatic carbocycles. The van der Waals surface area contributed by atoms with E-state index in [-0.39, 0.29) is 38.2 Å². The molecule has 5 unspecified atom stereocenters. The number of rotatable bonds is 17. The van der Waals surface area contributed by atoms with E-state index >= 15 is 0 Å². The first-order valence-corrected chi connectivity index (χ1v) is 11.7. The third-order valence-corrected chi connectivity index (χ3v) is 5.27. The number of aromatic nitrogens is 2. The van der Waals surface area contributed by atoms with Crippen LogP contribution >= 0.6 is 0 Å². The minimum atomic E-state index is -1.59. The molecule has 0 aliphatic rings. The average Bonchev–Trinajstić information content (AvgIpc) is 3.34. The van der Waals surface area contributed by atoms with E-state index in [1.807, 2.05) is 0 Å². The molecule has 14 N–H and O–H groups in total. The van der Waals surface area contributed by atoms with Gasteiger partial charge in [0.1, 0.15) is 18.1 Å². The number of aromatic amines is 1. The lowest BCUT2D eigenvalue weighted by molar-refractivity contribution is -0.143. The number of aliphatic carboxylic acids is 1. The predicted molar refractivity (Wildman–Crippen MR) is 134 cm³/mol. The molecular weight excluding hydrogens is 504 g/mol. The number of amides is 4. The van der Waals surface area contributed by atoms with E-state index in [2.05, 4.69) is 30.9 Å². The van der Waals surface area contributed by atoms with Gasteiger partial charge in [-0.3, -0.25) is 24.2 Å². The molecule has 17 heteroatoms. The van der Waals surface area contributed by atoms with Crippen molar-refractivity contribution in [3.8, 4) is 0 Å². The van der Waals surface area contributed by atoms with Gasteiger partial charge >= 0.3 is 5.97 Å². The maximum Gasteiger partial charge on any atom is 0.326 e. The van der Waals surface area contributed by atoms with Gasteiger partial charge in [-0.15, -0.1) is 0 Å². The van der Waals surface area contributed by atoms with Crippen LogP contribution in [0.5, 0.6) is 0 Å². The van der Waals surface area contributed by atoms with Gasteiger partial charge in [-0.1, -0.05) is 0 Å². The number of carbonyl (C=O) groups excluding carboxylic acids is 4. The Bertz CT molecular complexity index is 979. The van der Waals surface area contributed by atoms with Crippen LogP contribution in [-0.4, -0.2) is 92.6 Å². The normalized spacial score (nSPS) is 14.7. The van der Waals surface area contributed by atoms with Crippen LogP contribution in [0.1, 0.15) is 38.3 Å². The van der Waals surface area contributed by atoms with Crippen molar-refractivity contribution in [2.24, 2.45) is 27.9 Å². The van der Waals surface area contributed by atoms with Gasteiger partial charge in [0.2, 0.25) is 23.6 Å². The maximum atomic E-state index is 13.1. The summed E-state index contributed by atoms with van der Waals surface area (Å²) in [6.45, 7) is 1.46. The molecule has 38 heavy (non-hydrogen) atoms. The van der Waals surface area contributed by atoms with Gasteiger partial charge in [-0.25, -0.2) is 9.78 Å². The topological polar surface area (TPSA) is 307 Å². The summed E-state index contributed by atoms with van der Waals surface area (Å²) >= 11 is 0. The van der Waals surface area contributed by atoms with E-state index in [0.29, 0.717) is 12.1 Å². The number of H-pyrrole nitrogens is 1. The Morgan fingerprint density at radius 2 is 1.68 bits per heavy atom. The number of aliphatic imine (C=N–C) groups is 1. The maximum absolute atomic E-state index is 13.1. The number of guanidine groups is 1. The van der Waals surface area contributed by atoms with Gasteiger partial charge in [0.15, 0.2) is 5.96 Å². The number of aliphatic hydroxyl groups is 1. The Labute approximate surface area is 218 Å². The second-order valence-electron chi connectivity index (χ2n) is 8.53. The van der Waals surface area contributed by atoms with E-state index in [9.17, 15) is 34.2 Å². The molecule has 5 atom stereocenters. The fourth-order valence-electron chi connectivity index (χ4n) is 3.22. The summed E-state index contributed by atoms with van der Waals surface area (Å²) < 4.78 is 0. The van der Waals surface area contributed by atoms with Crippen molar-refractivity contribution in [3.63, 3.8) is 0 Å². The molecule has 0 spiro atoms. The highest BCUT2D eigenvalue weighted by atomic mass is 16.4. The van der Waals surface area contributed by atoms with Crippen molar-refractivity contribution < 1.29 is 34.2 Å². The van der Waals surface area contributed by atoms with E-state index in [1.54, 1.807) is 0 Å². The molecule has 212 valence electrons. The number of primary amides is 1. The number of nitrogens with one attached hydrogen (secondary N) is 4. The minimum Gasteiger partial charge on any atom is -0.480 e. The number of nitrogens with two attached hydrogens (primary N) is 4. The highest BCUT2D eigenvalue weighted by Gasteiger charge is 2.33. The van der Waals surface area contributed by atoms with Crippen LogP contribution in [-0.2, 0) is 30.4 Å². The number of carboxylic acid groups (broad SMARTS) is 1. The van der Waals surface area contributed by atoms with Gasteiger partial charge in [0.25, 0.3) is 0 Å². The number of aliphatic hydroxyl groups excluding tert-OH is 1. The molecule has 17 nitrogen and oxygen atoms in total. The van der Waals surface area contributed by atoms with E-state index in [0.717, 1.165) is 0 Å². The Kier molecular flexibility index (Phi) is 13.2. The molecule has 1 aromatic heterocycles. The Hall–Kier alpha value is -4.25. The molecular formula is C21H36N10O7. The van der Waals surface area contributed by atoms with Crippen LogP contribution in [0.2, 0.25) is 0 Å². The van der Waals surface area contributed by atoms with Gasteiger partial charge in [0, 0.05) is 31.3 Å². The van der Waals surface area contributed by atoms with Gasteiger partial charge in [-0.2, -0.15) is 0 Å². The highest BCUT2D eigenvalue weighted by Crippen LogP contribution is 2.05. The summed E-state index contributed by atoms with van der Waals surface area (Å²) in [5.41, 5.74) is 21.9. The third-order valence-electron chi connectivity index (χ3n) is 5.27. The molecule has 0 radical (unpaired) electrons. The van der Waals surface area contributed by atoms with E-state index in [4.69, 9.17) is 22.9 Å². The average molecular weight is 541 g/mol. The first-order chi connectivity index (χ1) is 17.8. The SMILES string of the molecule is CC(O)C(NC(=O)C(Cc1cnc[nH]1)NC(=O)C(N)CCCN=C(N)N)C(=O)NC(CCC(N)=O)C(=O)O. The molecule has 0 aliphatic carbocycles. The molecule has 0 aliphatic heterocycles. The second-order valence-corrected chi connectivity index (χ2v) is 8.53. The van der Waals surface area contributed by atoms with Crippen molar-refractivity contribution in [3.05, 3.63) is 18.2 Å². The number of carbonyl (C=O) groups is 5. The lowest BCUT2D eigenvalue weighted by Crippen LogP contribution is -2.60. The van der Waals surface area contributed by atoms with Gasteiger partial charge in [-0.05, 0) is 26.2 Å². The van der Waals surface area contributed by atoms with Crippen LogP contribution in [0.3, 0.4) is 0 Å². The van der Waals surface area contributed by atoms with Crippen molar-refractivity contribution in [2.75, 3.05) is 6.54 Å². The lowest BCUT2D eigenvalue weighted by atomic mass is 10.1. The minimum absolute atomic E-state index is 0.0667. The Morgan fingerprint density at radius 1 is 1.03 bits per heavy atom. The standard InChI is InChI=1S/C21H36N10O7/c1-10(32)16(19(36)29-13(20(37)38)4-5-15(23)33)31-18(35)14(7-11-8-26-9-28-11)30-17(34)12(22)3-2-6-27-21(24)25/h8-10,12-14,16,32H,2-7,22H2,1H3,(H2,23,33)(H,26,28)(H,29,36)(H,30,34)(H,31,35)(H,37,38)(H4,24,25,27). The van der Waals surface area contributed by atoms with Crippen LogP contribution in [0.25, 0.3) is 0 Å². The fourth-order valence-corrected chi connectivity index (χ4v) is 3.22. The van der Waals surface area contributed by atoms with Crippen molar-refractivity contribution in [2.45, 2.75) is 69.3 Å². The zero-order chi connectivity index (χ0) is 28.8. The van der Waals surface area contributed by atoms with Crippen molar-refractivity contribution in [1.82, 2.24) is 25.9 Å². The first kappa shape index (κ1) is 31.8. The monoisotopic (exact) mass is 540 g/mol. The third kappa shape index (κ3) is 11.7. The number of carboxylic acids is 1. The molecule has 0 saturated carbocycles. The van der Waals surface area contributed by atoms with Crippen LogP contribution < -0.4 is 38.9 Å². The number of hydrogen-bond acceptors (Lipinski definition) is 9. The quantitative estimate of drug-likeness (QED) is 0.0510. The molecule has 0 saturated heterocycles. The van der Waals surface area contributed by atoms with Crippen LogP contribution in [0.15, 0.2) is 17.5 Å². The van der Waals surface area contributed by atoms with Gasteiger partial charge in [0.05, 0.1) is 18.5 Å². The molecule has 4 amide bonds. The lowest BCUT2D eigenvalue weighted by Gasteiger charge is -2.26. The summed E-state index contributed by atoms with van der Waals surface area (Å²) in [4.78, 5) is 71.4. The molecule has 1 rings (SSSR count). The fraction of sp³-hybridized carbons (Fsp3) is 0.571. The van der Waals surface area contributed by atoms with E-state index < -0.39 is 59.9 Å². The molecule has 0 fully saturated rings. The van der Waals surface area contributed by atoms with Gasteiger partial charge < -0.3 is 54.1 Å². The molecule has 1 aromatic rings. The van der Waals surface area contributed by atoms with Crippen LogP contribution in [0.4, 0.5) is 0 Å². The molecule has 0 bridgehead atoms. The zero-order valence-electron chi connectivity index (χ0n) is 20.9. The van der Waals surface area contributed by atoms with Crippen molar-refractivity contribution in [1.29, 1.82) is 0 Å². The largest absolute Gasteiger partial charge is 0.480 e. The summed E-state index contributed by atoms with van der Waals surface area (Å²) in [5, 5.41) is 26.4.